The van der Waals surface area contributed by atoms with Crippen molar-refractivity contribution < 1.29 is 44.2 Å². The molecule has 4 N–H and O–H groups in total. The van der Waals surface area contributed by atoms with E-state index in [0.717, 1.165) is 32.1 Å². The SMILES string of the molecule is CCCCCCCCCCCCCCCCCCCCCCCCCOCC(COC1OC(CO)C(O)C(O)C1O)OC(=O)CCCCC. The second kappa shape index (κ2) is 33.1. The summed E-state index contributed by atoms with van der Waals surface area (Å²) in [5, 5.41) is 39.7. The van der Waals surface area contributed by atoms with E-state index in [0.29, 0.717) is 13.0 Å². The third kappa shape index (κ3) is 24.9. The molecule has 1 aliphatic rings. The summed E-state index contributed by atoms with van der Waals surface area (Å²) in [4.78, 5) is 12.4. The summed E-state index contributed by atoms with van der Waals surface area (Å²) in [6.45, 7) is 4.41. The van der Waals surface area contributed by atoms with Gasteiger partial charge in [0.2, 0.25) is 0 Å². The smallest absolute Gasteiger partial charge is 0.306 e. The minimum Gasteiger partial charge on any atom is -0.457 e. The lowest BCUT2D eigenvalue weighted by atomic mass is 9.99. The van der Waals surface area contributed by atoms with Crippen LogP contribution in [0.15, 0.2) is 0 Å². The zero-order chi connectivity index (χ0) is 35.8. The van der Waals surface area contributed by atoms with Crippen molar-refractivity contribution in [2.45, 2.75) is 224 Å². The normalized spacial score (nSPS) is 21.6. The molecule has 0 bridgehead atoms. The molecule has 0 spiro atoms. The number of hydrogen-bond donors (Lipinski definition) is 4. The van der Waals surface area contributed by atoms with Gasteiger partial charge in [0.15, 0.2) is 6.29 Å². The van der Waals surface area contributed by atoms with Crippen LogP contribution in [0.25, 0.3) is 0 Å². The van der Waals surface area contributed by atoms with Gasteiger partial charge in [0.25, 0.3) is 0 Å². The van der Waals surface area contributed by atoms with Gasteiger partial charge in [-0.05, 0) is 12.8 Å². The Bertz CT molecular complexity index is 722. The van der Waals surface area contributed by atoms with Crippen LogP contribution in [-0.2, 0) is 23.7 Å². The quantitative estimate of drug-likeness (QED) is 0.0380. The van der Waals surface area contributed by atoms with Gasteiger partial charge in [-0.3, -0.25) is 4.79 Å². The van der Waals surface area contributed by atoms with E-state index in [-0.39, 0.29) is 19.2 Å². The van der Waals surface area contributed by atoms with Crippen LogP contribution >= 0.6 is 0 Å². The monoisotopic (exact) mass is 703 g/mol. The lowest BCUT2D eigenvalue weighted by Crippen LogP contribution is -2.59. The molecule has 1 aliphatic heterocycles. The van der Waals surface area contributed by atoms with Crippen LogP contribution in [-0.4, -0.2) is 89.6 Å². The van der Waals surface area contributed by atoms with E-state index in [4.69, 9.17) is 18.9 Å². The van der Waals surface area contributed by atoms with E-state index in [2.05, 4.69) is 13.8 Å². The highest BCUT2D eigenvalue weighted by atomic mass is 16.7. The molecule has 0 saturated carbocycles. The van der Waals surface area contributed by atoms with Crippen LogP contribution in [0.1, 0.15) is 187 Å². The highest BCUT2D eigenvalue weighted by Gasteiger charge is 2.44. The van der Waals surface area contributed by atoms with Crippen molar-refractivity contribution in [3.05, 3.63) is 0 Å². The fraction of sp³-hybridized carbons (Fsp3) is 0.975. The van der Waals surface area contributed by atoms with Crippen molar-refractivity contribution in [3.8, 4) is 0 Å². The van der Waals surface area contributed by atoms with Crippen LogP contribution in [0.3, 0.4) is 0 Å². The molecular weight excluding hydrogens is 624 g/mol. The summed E-state index contributed by atoms with van der Waals surface area (Å²) in [5.41, 5.74) is 0. The van der Waals surface area contributed by atoms with Crippen molar-refractivity contribution in [3.63, 3.8) is 0 Å². The molecule has 1 fully saturated rings. The van der Waals surface area contributed by atoms with Gasteiger partial charge in [-0.1, -0.05) is 168 Å². The minimum atomic E-state index is -1.53. The summed E-state index contributed by atoms with van der Waals surface area (Å²) < 4.78 is 22.5. The lowest BCUT2D eigenvalue weighted by Gasteiger charge is -2.39. The maximum absolute atomic E-state index is 12.4. The Morgan fingerprint density at radius 3 is 1.45 bits per heavy atom. The summed E-state index contributed by atoms with van der Waals surface area (Å²) in [5.74, 6) is -0.334. The van der Waals surface area contributed by atoms with Gasteiger partial charge in [-0.15, -0.1) is 0 Å². The average molecular weight is 703 g/mol. The van der Waals surface area contributed by atoms with Crippen molar-refractivity contribution in [1.82, 2.24) is 0 Å². The highest BCUT2D eigenvalue weighted by molar-refractivity contribution is 5.69. The Balaban J connectivity index is 2.03. The van der Waals surface area contributed by atoms with E-state index < -0.39 is 43.4 Å². The Morgan fingerprint density at radius 2 is 1.00 bits per heavy atom. The third-order valence-corrected chi connectivity index (χ3v) is 9.77. The van der Waals surface area contributed by atoms with Crippen molar-refractivity contribution in [2.24, 2.45) is 0 Å². The fourth-order valence-corrected chi connectivity index (χ4v) is 6.49. The molecule has 0 aromatic heterocycles. The number of esters is 1. The summed E-state index contributed by atoms with van der Waals surface area (Å²) in [6.07, 6.45) is 26.6. The molecule has 1 heterocycles. The molecule has 9 heteroatoms. The third-order valence-electron chi connectivity index (χ3n) is 9.77. The Morgan fingerprint density at radius 1 is 0.571 bits per heavy atom. The van der Waals surface area contributed by atoms with Crippen molar-refractivity contribution in [2.75, 3.05) is 26.4 Å². The number of carbonyl (C=O) groups excluding carboxylic acids is 1. The molecule has 0 aliphatic carbocycles. The Labute approximate surface area is 300 Å². The van der Waals surface area contributed by atoms with Gasteiger partial charge in [0.05, 0.1) is 19.8 Å². The Hall–Kier alpha value is -0.810. The number of ether oxygens (including phenoxy) is 4. The molecule has 1 saturated heterocycles. The molecule has 9 nitrogen and oxygen atoms in total. The molecule has 0 aromatic rings. The number of aliphatic hydroxyl groups excluding tert-OH is 4. The van der Waals surface area contributed by atoms with E-state index >= 15 is 0 Å². The molecule has 49 heavy (non-hydrogen) atoms. The van der Waals surface area contributed by atoms with Gasteiger partial charge in [-0.2, -0.15) is 0 Å². The van der Waals surface area contributed by atoms with Crippen molar-refractivity contribution in [1.29, 1.82) is 0 Å². The molecule has 0 radical (unpaired) electrons. The van der Waals surface area contributed by atoms with Crippen LogP contribution in [0.5, 0.6) is 0 Å². The highest BCUT2D eigenvalue weighted by Crippen LogP contribution is 2.22. The van der Waals surface area contributed by atoms with E-state index in [1.807, 2.05) is 0 Å². The second-order valence-corrected chi connectivity index (χ2v) is 14.5. The van der Waals surface area contributed by atoms with E-state index in [1.165, 1.54) is 135 Å². The first-order chi connectivity index (χ1) is 23.9. The minimum absolute atomic E-state index is 0.110. The zero-order valence-corrected chi connectivity index (χ0v) is 31.7. The first kappa shape index (κ1) is 46.2. The molecular formula is C40H78O9. The first-order valence-corrected chi connectivity index (χ1v) is 20.6. The van der Waals surface area contributed by atoms with Gasteiger partial charge < -0.3 is 39.4 Å². The standard InChI is InChI=1S/C40H78O9/c1-3-5-7-8-9-10-11-12-13-14-15-16-17-18-19-20-21-22-23-24-25-26-28-30-46-32-34(48-36(42)29-27-6-4-2)33-47-40-39(45)38(44)37(43)35(31-41)49-40/h34-35,37-41,43-45H,3-33H2,1-2H3. The first-order valence-electron chi connectivity index (χ1n) is 20.6. The van der Waals surface area contributed by atoms with Gasteiger partial charge in [0.1, 0.15) is 30.5 Å². The number of unbranched alkanes of at least 4 members (excludes halogenated alkanes) is 24. The predicted molar refractivity (Wildman–Crippen MR) is 196 cm³/mol. The van der Waals surface area contributed by atoms with Gasteiger partial charge >= 0.3 is 5.97 Å². The molecule has 6 atom stereocenters. The maximum atomic E-state index is 12.4. The van der Waals surface area contributed by atoms with Crippen LogP contribution in [0.2, 0.25) is 0 Å². The number of hydrogen-bond acceptors (Lipinski definition) is 9. The zero-order valence-electron chi connectivity index (χ0n) is 31.7. The maximum Gasteiger partial charge on any atom is 0.306 e. The molecule has 0 aromatic carbocycles. The van der Waals surface area contributed by atoms with Gasteiger partial charge in [-0.25, -0.2) is 0 Å². The average Bonchev–Trinajstić information content (AvgIpc) is 3.10. The van der Waals surface area contributed by atoms with Crippen molar-refractivity contribution >= 4 is 5.97 Å². The summed E-state index contributed by atoms with van der Waals surface area (Å²) >= 11 is 0. The van der Waals surface area contributed by atoms with Gasteiger partial charge in [0, 0.05) is 13.0 Å². The Kier molecular flexibility index (Phi) is 31.2. The summed E-state index contributed by atoms with van der Waals surface area (Å²) in [6, 6.07) is 0. The topological polar surface area (TPSA) is 135 Å². The largest absolute Gasteiger partial charge is 0.457 e. The van der Waals surface area contributed by atoms with Crippen LogP contribution in [0.4, 0.5) is 0 Å². The number of carbonyl (C=O) groups is 1. The molecule has 292 valence electrons. The van der Waals surface area contributed by atoms with Crippen LogP contribution in [0, 0.1) is 0 Å². The number of aliphatic hydroxyl groups is 4. The molecule has 1 rings (SSSR count). The number of rotatable bonds is 35. The van der Waals surface area contributed by atoms with E-state index in [1.54, 1.807) is 0 Å². The molecule has 0 amide bonds. The lowest BCUT2D eigenvalue weighted by molar-refractivity contribution is -0.305. The predicted octanol–water partition coefficient (Wildman–Crippen LogP) is 8.30. The summed E-state index contributed by atoms with van der Waals surface area (Å²) in [7, 11) is 0. The van der Waals surface area contributed by atoms with Crippen LogP contribution < -0.4 is 0 Å². The van der Waals surface area contributed by atoms with E-state index in [9.17, 15) is 25.2 Å². The molecule has 6 unspecified atom stereocenters. The second-order valence-electron chi connectivity index (χ2n) is 14.5. The fourth-order valence-electron chi connectivity index (χ4n) is 6.49.